The standard InChI is InChI=1S/C20H23ClN8O2/c21-16-12-29(9-7-22-16)15-4-2-14(3-5-15)25-19-24-11-13-1-6-17(26-18(13)28-19)27-20(31)23-8-10-30/h1-6,11,16,22,30H,7-10,12H2,(H3,23,24,25,26,27,28,31). The Balaban J connectivity index is 1.44. The lowest BCUT2D eigenvalue weighted by Gasteiger charge is -2.32. The van der Waals surface area contributed by atoms with Gasteiger partial charge in [0.1, 0.15) is 11.3 Å². The van der Waals surface area contributed by atoms with Gasteiger partial charge in [-0.25, -0.2) is 14.8 Å². The SMILES string of the molecule is O=C(NCCO)Nc1ccc2cnc(Nc3ccc(N4CCNC(Cl)C4)cc3)nc2n1. The van der Waals surface area contributed by atoms with Crippen molar-refractivity contribution in [1.29, 1.82) is 0 Å². The van der Waals surface area contributed by atoms with E-state index in [0.29, 0.717) is 17.4 Å². The fourth-order valence-electron chi connectivity index (χ4n) is 3.19. The monoisotopic (exact) mass is 442 g/mol. The van der Waals surface area contributed by atoms with Gasteiger partial charge >= 0.3 is 6.03 Å². The van der Waals surface area contributed by atoms with Crippen molar-refractivity contribution < 1.29 is 9.90 Å². The molecule has 0 spiro atoms. The average molecular weight is 443 g/mol. The van der Waals surface area contributed by atoms with Crippen molar-refractivity contribution >= 4 is 51.8 Å². The number of nitrogens with zero attached hydrogens (tertiary/aromatic N) is 4. The zero-order valence-corrected chi connectivity index (χ0v) is 17.4. The summed E-state index contributed by atoms with van der Waals surface area (Å²) in [7, 11) is 0. The highest BCUT2D eigenvalue weighted by atomic mass is 35.5. The third-order valence-electron chi connectivity index (χ3n) is 4.70. The average Bonchev–Trinajstić information content (AvgIpc) is 2.78. The number of carbonyl (C=O) groups excluding carboxylic acids is 1. The molecule has 11 heteroatoms. The summed E-state index contributed by atoms with van der Waals surface area (Å²) in [6, 6.07) is 11.0. The molecule has 10 nitrogen and oxygen atoms in total. The van der Waals surface area contributed by atoms with Gasteiger partial charge in [-0.15, -0.1) is 11.6 Å². The molecule has 1 fully saturated rings. The minimum atomic E-state index is -0.446. The van der Waals surface area contributed by atoms with Crippen LogP contribution in [-0.2, 0) is 0 Å². The summed E-state index contributed by atoms with van der Waals surface area (Å²) in [6.45, 7) is 2.54. The number of urea groups is 1. The Hall–Kier alpha value is -3.21. The number of hydrogen-bond acceptors (Lipinski definition) is 8. The number of aliphatic hydroxyl groups excluding tert-OH is 1. The van der Waals surface area contributed by atoms with Crippen molar-refractivity contribution in [2.75, 3.05) is 48.3 Å². The highest BCUT2D eigenvalue weighted by Crippen LogP contribution is 2.22. The van der Waals surface area contributed by atoms with E-state index in [1.165, 1.54) is 0 Å². The molecule has 0 aliphatic carbocycles. The number of pyridine rings is 1. The first kappa shape index (κ1) is 21.0. The van der Waals surface area contributed by atoms with Crippen molar-refractivity contribution in [2.45, 2.75) is 5.50 Å². The lowest BCUT2D eigenvalue weighted by atomic mass is 10.2. The lowest BCUT2D eigenvalue weighted by molar-refractivity contribution is 0.244. The van der Waals surface area contributed by atoms with Gasteiger partial charge in [0.25, 0.3) is 0 Å². The zero-order valence-electron chi connectivity index (χ0n) is 16.7. The molecule has 2 amide bonds. The number of aliphatic hydroxyl groups is 1. The number of piperazine rings is 1. The highest BCUT2D eigenvalue weighted by Gasteiger charge is 2.17. The maximum atomic E-state index is 11.7. The fraction of sp³-hybridized carbons (Fsp3) is 0.300. The van der Waals surface area contributed by atoms with Crippen LogP contribution in [0, 0.1) is 0 Å². The van der Waals surface area contributed by atoms with Crippen LogP contribution in [0.1, 0.15) is 0 Å². The lowest BCUT2D eigenvalue weighted by Crippen LogP contribution is -2.48. The van der Waals surface area contributed by atoms with Crippen molar-refractivity contribution in [2.24, 2.45) is 0 Å². The Bertz CT molecular complexity index is 1050. The second-order valence-corrected chi connectivity index (χ2v) is 7.47. The number of fused-ring (bicyclic) bond motifs is 1. The first-order valence-corrected chi connectivity index (χ1v) is 10.3. The number of anilines is 4. The number of alkyl halides is 1. The smallest absolute Gasteiger partial charge is 0.320 e. The van der Waals surface area contributed by atoms with Gasteiger partial charge in [-0.3, -0.25) is 10.6 Å². The van der Waals surface area contributed by atoms with E-state index in [4.69, 9.17) is 16.7 Å². The summed E-state index contributed by atoms with van der Waals surface area (Å²) < 4.78 is 0. The highest BCUT2D eigenvalue weighted by molar-refractivity contribution is 6.20. The van der Waals surface area contributed by atoms with Crippen molar-refractivity contribution in [3.05, 3.63) is 42.6 Å². The van der Waals surface area contributed by atoms with Gasteiger partial charge < -0.3 is 20.6 Å². The number of nitrogens with one attached hydrogen (secondary N) is 4. The second-order valence-electron chi connectivity index (χ2n) is 6.95. The van der Waals surface area contributed by atoms with Crippen LogP contribution in [0.15, 0.2) is 42.6 Å². The second kappa shape index (κ2) is 9.73. The minimum absolute atomic E-state index is 0.0508. The Labute approximate surface area is 184 Å². The number of aromatic nitrogens is 3. The first-order valence-electron chi connectivity index (χ1n) is 9.90. The summed E-state index contributed by atoms with van der Waals surface area (Å²) in [6.07, 6.45) is 1.67. The Kier molecular flexibility index (Phi) is 6.60. The maximum Gasteiger partial charge on any atom is 0.320 e. The molecule has 3 heterocycles. The van der Waals surface area contributed by atoms with Crippen LogP contribution in [0.2, 0.25) is 0 Å². The van der Waals surface area contributed by atoms with Gasteiger partial charge in [0, 0.05) is 49.1 Å². The first-order chi connectivity index (χ1) is 15.1. The van der Waals surface area contributed by atoms with Crippen LogP contribution in [0.3, 0.4) is 0 Å². The molecule has 1 saturated heterocycles. The molecule has 4 rings (SSSR count). The fourth-order valence-corrected chi connectivity index (χ4v) is 3.47. The largest absolute Gasteiger partial charge is 0.395 e. The molecule has 1 atom stereocenters. The number of halogens is 1. The molecule has 0 saturated carbocycles. The van der Waals surface area contributed by atoms with Crippen LogP contribution in [-0.4, -0.2) is 64.4 Å². The molecule has 3 aromatic rings. The van der Waals surface area contributed by atoms with E-state index < -0.39 is 6.03 Å². The van der Waals surface area contributed by atoms with E-state index in [0.717, 1.165) is 36.4 Å². The number of rotatable bonds is 6. The van der Waals surface area contributed by atoms with Gasteiger partial charge in [-0.2, -0.15) is 4.98 Å². The van der Waals surface area contributed by atoms with Crippen LogP contribution < -0.4 is 26.2 Å². The molecule has 0 radical (unpaired) electrons. The quantitative estimate of drug-likeness (QED) is 0.289. The molecular formula is C20H23ClN8O2. The maximum absolute atomic E-state index is 11.7. The summed E-state index contributed by atoms with van der Waals surface area (Å²) >= 11 is 6.18. The summed E-state index contributed by atoms with van der Waals surface area (Å²) in [4.78, 5) is 27.1. The van der Waals surface area contributed by atoms with E-state index in [1.54, 1.807) is 18.3 Å². The number of amides is 2. The number of benzene rings is 1. The topological polar surface area (TPSA) is 127 Å². The van der Waals surface area contributed by atoms with Crippen LogP contribution >= 0.6 is 11.6 Å². The Morgan fingerprint density at radius 3 is 2.84 bits per heavy atom. The molecule has 0 bridgehead atoms. The van der Waals surface area contributed by atoms with Crippen LogP contribution in [0.25, 0.3) is 11.0 Å². The van der Waals surface area contributed by atoms with Gasteiger partial charge in [0.15, 0.2) is 5.65 Å². The van der Waals surface area contributed by atoms with Gasteiger partial charge in [-0.05, 0) is 36.4 Å². The number of carbonyl (C=O) groups is 1. The number of hydrogen-bond donors (Lipinski definition) is 5. The summed E-state index contributed by atoms with van der Waals surface area (Å²) in [5, 5.41) is 21.0. The van der Waals surface area contributed by atoms with Crippen LogP contribution in [0.4, 0.5) is 27.9 Å². The molecule has 2 aromatic heterocycles. The molecule has 1 unspecified atom stereocenters. The zero-order chi connectivity index (χ0) is 21.6. The van der Waals surface area contributed by atoms with Gasteiger partial charge in [0.05, 0.1) is 6.61 Å². The Morgan fingerprint density at radius 1 is 1.23 bits per heavy atom. The van der Waals surface area contributed by atoms with Crippen LogP contribution in [0.5, 0.6) is 0 Å². The van der Waals surface area contributed by atoms with E-state index in [2.05, 4.69) is 41.1 Å². The molecule has 31 heavy (non-hydrogen) atoms. The van der Waals surface area contributed by atoms with E-state index in [1.807, 2.05) is 24.3 Å². The summed E-state index contributed by atoms with van der Waals surface area (Å²) in [5.74, 6) is 0.753. The molecule has 1 aliphatic heterocycles. The van der Waals surface area contributed by atoms with E-state index in [9.17, 15) is 4.79 Å². The van der Waals surface area contributed by atoms with Gasteiger partial charge in [0.2, 0.25) is 5.95 Å². The van der Waals surface area contributed by atoms with Crippen molar-refractivity contribution in [3.63, 3.8) is 0 Å². The molecule has 162 valence electrons. The molecule has 5 N–H and O–H groups in total. The minimum Gasteiger partial charge on any atom is -0.395 e. The third-order valence-corrected chi connectivity index (χ3v) is 4.99. The Morgan fingerprint density at radius 2 is 2.06 bits per heavy atom. The van der Waals surface area contributed by atoms with E-state index in [-0.39, 0.29) is 18.7 Å². The summed E-state index contributed by atoms with van der Waals surface area (Å²) in [5.41, 5.74) is 2.35. The predicted molar refractivity (Wildman–Crippen MR) is 121 cm³/mol. The van der Waals surface area contributed by atoms with Gasteiger partial charge in [-0.1, -0.05) is 0 Å². The third kappa shape index (κ3) is 5.48. The molecular weight excluding hydrogens is 420 g/mol. The predicted octanol–water partition coefficient (Wildman–Crippen LogP) is 1.86. The van der Waals surface area contributed by atoms with E-state index >= 15 is 0 Å². The normalized spacial score (nSPS) is 16.2. The van der Waals surface area contributed by atoms with Crippen molar-refractivity contribution in [3.8, 4) is 0 Å². The molecule has 1 aromatic carbocycles. The van der Waals surface area contributed by atoms with Crippen molar-refractivity contribution in [1.82, 2.24) is 25.6 Å². The molecule has 1 aliphatic rings.